The number of hydrogen-bond acceptors (Lipinski definition) is 5. The fourth-order valence-electron chi connectivity index (χ4n) is 2.14. The molecule has 0 fully saturated rings. The highest BCUT2D eigenvalue weighted by Gasteiger charge is 2.10. The Morgan fingerprint density at radius 2 is 1.91 bits per heavy atom. The van der Waals surface area contributed by atoms with E-state index in [4.69, 9.17) is 9.47 Å². The molecule has 0 amide bonds. The Balaban J connectivity index is 2.32. The average Bonchev–Trinajstić information content (AvgIpc) is 2.56. The SMILES string of the molecule is CCCOc1ccc(C(O)CCN(C)CCC(=O)OCC)cc1. The molecule has 1 rings (SSSR count). The van der Waals surface area contributed by atoms with Crippen LogP contribution in [0.1, 0.15) is 44.8 Å². The third-order valence-corrected chi connectivity index (χ3v) is 3.52. The molecule has 0 saturated heterocycles. The van der Waals surface area contributed by atoms with Crippen molar-refractivity contribution < 1.29 is 19.4 Å². The normalized spacial score (nSPS) is 12.2. The summed E-state index contributed by atoms with van der Waals surface area (Å²) < 4.78 is 10.4. The highest BCUT2D eigenvalue weighted by molar-refractivity contribution is 5.69. The van der Waals surface area contributed by atoms with E-state index in [1.165, 1.54) is 0 Å². The first-order chi connectivity index (χ1) is 11.1. The summed E-state index contributed by atoms with van der Waals surface area (Å²) in [6, 6.07) is 7.57. The highest BCUT2D eigenvalue weighted by atomic mass is 16.5. The van der Waals surface area contributed by atoms with Gasteiger partial charge < -0.3 is 19.5 Å². The predicted molar refractivity (Wildman–Crippen MR) is 90.6 cm³/mol. The number of rotatable bonds is 11. The molecule has 130 valence electrons. The Morgan fingerprint density at radius 3 is 2.52 bits per heavy atom. The van der Waals surface area contributed by atoms with Crippen molar-refractivity contribution in [1.82, 2.24) is 4.90 Å². The van der Waals surface area contributed by atoms with Crippen molar-refractivity contribution in [1.29, 1.82) is 0 Å². The van der Waals surface area contributed by atoms with Gasteiger partial charge in [0.25, 0.3) is 0 Å². The quantitative estimate of drug-likeness (QED) is 0.635. The molecule has 0 bridgehead atoms. The topological polar surface area (TPSA) is 59.0 Å². The van der Waals surface area contributed by atoms with Crippen LogP contribution in [-0.2, 0) is 9.53 Å². The summed E-state index contributed by atoms with van der Waals surface area (Å²) in [5.41, 5.74) is 0.882. The van der Waals surface area contributed by atoms with Gasteiger partial charge in [-0.05, 0) is 44.5 Å². The molecule has 0 aliphatic carbocycles. The molecule has 0 aliphatic heterocycles. The summed E-state index contributed by atoms with van der Waals surface area (Å²) in [7, 11) is 1.94. The van der Waals surface area contributed by atoms with Crippen LogP contribution in [0.3, 0.4) is 0 Å². The van der Waals surface area contributed by atoms with Crippen LogP contribution in [0, 0.1) is 0 Å². The van der Waals surface area contributed by atoms with Gasteiger partial charge in [0.1, 0.15) is 5.75 Å². The summed E-state index contributed by atoms with van der Waals surface area (Å²) in [6.45, 7) is 6.34. The minimum atomic E-state index is -0.514. The van der Waals surface area contributed by atoms with Gasteiger partial charge in [0.15, 0.2) is 0 Å². The lowest BCUT2D eigenvalue weighted by Crippen LogP contribution is -2.25. The van der Waals surface area contributed by atoms with Gasteiger partial charge in [-0.2, -0.15) is 0 Å². The van der Waals surface area contributed by atoms with Crippen LogP contribution in [0.15, 0.2) is 24.3 Å². The second kappa shape index (κ2) is 11.0. The number of carbonyl (C=O) groups is 1. The molecule has 1 aromatic carbocycles. The summed E-state index contributed by atoms with van der Waals surface area (Å²) in [6.07, 6.45) is 1.46. The number of aliphatic hydroxyl groups excluding tert-OH is 1. The van der Waals surface area contributed by atoms with E-state index in [0.29, 0.717) is 39.1 Å². The van der Waals surface area contributed by atoms with Crippen molar-refractivity contribution in [2.75, 3.05) is 33.4 Å². The molecular weight excluding hydrogens is 294 g/mol. The number of aliphatic hydroxyl groups is 1. The van der Waals surface area contributed by atoms with Gasteiger partial charge in [0, 0.05) is 13.1 Å². The van der Waals surface area contributed by atoms with E-state index in [2.05, 4.69) is 6.92 Å². The van der Waals surface area contributed by atoms with E-state index in [0.717, 1.165) is 17.7 Å². The first kappa shape index (κ1) is 19.5. The van der Waals surface area contributed by atoms with E-state index in [9.17, 15) is 9.90 Å². The monoisotopic (exact) mass is 323 g/mol. The van der Waals surface area contributed by atoms with E-state index >= 15 is 0 Å². The zero-order valence-electron chi connectivity index (χ0n) is 14.5. The van der Waals surface area contributed by atoms with E-state index in [1.807, 2.05) is 36.2 Å². The first-order valence-electron chi connectivity index (χ1n) is 8.31. The number of carbonyl (C=O) groups excluding carboxylic acids is 1. The van der Waals surface area contributed by atoms with E-state index in [-0.39, 0.29) is 5.97 Å². The van der Waals surface area contributed by atoms with E-state index in [1.54, 1.807) is 6.92 Å². The maximum Gasteiger partial charge on any atom is 0.307 e. The number of ether oxygens (including phenoxy) is 2. The molecule has 0 aliphatic rings. The zero-order valence-corrected chi connectivity index (χ0v) is 14.5. The second-order valence-electron chi connectivity index (χ2n) is 5.58. The average molecular weight is 323 g/mol. The van der Waals surface area contributed by atoms with Crippen molar-refractivity contribution in [2.45, 2.75) is 39.2 Å². The van der Waals surface area contributed by atoms with Crippen molar-refractivity contribution in [3.05, 3.63) is 29.8 Å². The van der Waals surface area contributed by atoms with Gasteiger partial charge in [0.2, 0.25) is 0 Å². The molecule has 0 heterocycles. The van der Waals surface area contributed by atoms with Crippen LogP contribution >= 0.6 is 0 Å². The third kappa shape index (κ3) is 8.00. The van der Waals surface area contributed by atoms with Gasteiger partial charge >= 0.3 is 5.97 Å². The standard InChI is InChI=1S/C18H29NO4/c1-4-14-23-16-8-6-15(7-9-16)17(20)10-12-19(3)13-11-18(21)22-5-2/h6-9,17,20H,4-5,10-14H2,1-3H3. The lowest BCUT2D eigenvalue weighted by Gasteiger charge is -2.18. The minimum absolute atomic E-state index is 0.178. The van der Waals surface area contributed by atoms with Crippen molar-refractivity contribution in [3.8, 4) is 5.75 Å². The van der Waals surface area contributed by atoms with Gasteiger partial charge in [0.05, 0.1) is 25.7 Å². The Bertz CT molecular complexity index is 447. The Labute approximate surface area is 139 Å². The Morgan fingerprint density at radius 1 is 1.22 bits per heavy atom. The summed E-state index contributed by atoms with van der Waals surface area (Å²) in [5, 5.41) is 10.2. The highest BCUT2D eigenvalue weighted by Crippen LogP contribution is 2.20. The molecule has 0 aromatic heterocycles. The van der Waals surface area contributed by atoms with Crippen molar-refractivity contribution in [3.63, 3.8) is 0 Å². The Hall–Kier alpha value is -1.59. The number of benzene rings is 1. The molecule has 5 heteroatoms. The van der Waals surface area contributed by atoms with Gasteiger partial charge in [-0.1, -0.05) is 19.1 Å². The van der Waals surface area contributed by atoms with Crippen LogP contribution in [-0.4, -0.2) is 49.3 Å². The largest absolute Gasteiger partial charge is 0.494 e. The summed E-state index contributed by atoms with van der Waals surface area (Å²) in [5.74, 6) is 0.650. The number of esters is 1. The number of nitrogens with zero attached hydrogens (tertiary/aromatic N) is 1. The third-order valence-electron chi connectivity index (χ3n) is 3.52. The zero-order chi connectivity index (χ0) is 17.1. The molecule has 0 saturated carbocycles. The van der Waals surface area contributed by atoms with Crippen LogP contribution in [0.4, 0.5) is 0 Å². The predicted octanol–water partition coefficient (Wildman–Crippen LogP) is 2.78. The maximum atomic E-state index is 11.3. The molecule has 5 nitrogen and oxygen atoms in total. The molecule has 0 radical (unpaired) electrons. The molecule has 0 spiro atoms. The molecule has 1 aromatic rings. The molecule has 1 N–H and O–H groups in total. The van der Waals surface area contributed by atoms with Crippen LogP contribution in [0.25, 0.3) is 0 Å². The van der Waals surface area contributed by atoms with Crippen LogP contribution in [0.5, 0.6) is 5.75 Å². The lowest BCUT2D eigenvalue weighted by molar-refractivity contribution is -0.143. The van der Waals surface area contributed by atoms with Gasteiger partial charge in [-0.3, -0.25) is 4.79 Å². The molecule has 23 heavy (non-hydrogen) atoms. The van der Waals surface area contributed by atoms with Gasteiger partial charge in [-0.25, -0.2) is 0 Å². The minimum Gasteiger partial charge on any atom is -0.494 e. The molecular formula is C18H29NO4. The lowest BCUT2D eigenvalue weighted by atomic mass is 10.1. The second-order valence-corrected chi connectivity index (χ2v) is 5.58. The van der Waals surface area contributed by atoms with Crippen molar-refractivity contribution >= 4 is 5.97 Å². The molecule has 1 unspecified atom stereocenters. The van der Waals surface area contributed by atoms with Gasteiger partial charge in [-0.15, -0.1) is 0 Å². The summed E-state index contributed by atoms with van der Waals surface area (Å²) >= 11 is 0. The number of hydrogen-bond donors (Lipinski definition) is 1. The maximum absolute atomic E-state index is 11.3. The van der Waals surface area contributed by atoms with Crippen molar-refractivity contribution in [2.24, 2.45) is 0 Å². The van der Waals surface area contributed by atoms with Crippen LogP contribution in [0.2, 0.25) is 0 Å². The fraction of sp³-hybridized carbons (Fsp3) is 0.611. The van der Waals surface area contributed by atoms with Crippen LogP contribution < -0.4 is 4.74 Å². The van der Waals surface area contributed by atoms with E-state index < -0.39 is 6.10 Å². The first-order valence-corrected chi connectivity index (χ1v) is 8.31. The smallest absolute Gasteiger partial charge is 0.307 e. The summed E-state index contributed by atoms with van der Waals surface area (Å²) in [4.78, 5) is 13.3. The Kier molecular flexibility index (Phi) is 9.33. The molecule has 1 atom stereocenters. The fourth-order valence-corrected chi connectivity index (χ4v) is 2.14.